The highest BCUT2D eigenvalue weighted by atomic mass is 127. The van der Waals surface area contributed by atoms with Crippen LogP contribution in [0.25, 0.3) is 0 Å². The van der Waals surface area contributed by atoms with Gasteiger partial charge in [0.2, 0.25) is 0 Å². The minimum atomic E-state index is -0.469. The van der Waals surface area contributed by atoms with E-state index < -0.39 is 5.91 Å². The fraction of sp³-hybridized carbons (Fsp3) is 0.136. The van der Waals surface area contributed by atoms with Crippen molar-refractivity contribution in [3.05, 3.63) is 85.2 Å². The summed E-state index contributed by atoms with van der Waals surface area (Å²) in [5.41, 5.74) is 4.29. The van der Waals surface area contributed by atoms with Crippen molar-refractivity contribution >= 4 is 57.9 Å². The van der Waals surface area contributed by atoms with Gasteiger partial charge in [-0.3, -0.25) is 4.79 Å². The molecular weight excluding hydrogens is 552 g/mol. The number of benzene rings is 2. The lowest BCUT2D eigenvalue weighted by Gasteiger charge is -2.14. The Labute approximate surface area is 203 Å². The molecule has 0 aliphatic carbocycles. The summed E-state index contributed by atoms with van der Waals surface area (Å²) in [6.45, 7) is 2.66. The molecule has 0 spiro atoms. The number of hydrazone groups is 1. The molecule has 1 N–H and O–H groups in total. The van der Waals surface area contributed by atoms with Gasteiger partial charge in [-0.25, -0.2) is 10.4 Å². The van der Waals surface area contributed by atoms with Crippen molar-refractivity contribution in [3.8, 4) is 11.5 Å². The molecule has 1 amide bonds. The lowest BCUT2D eigenvalue weighted by atomic mass is 10.2. The van der Waals surface area contributed by atoms with E-state index in [1.54, 1.807) is 24.3 Å². The number of halogens is 3. The molecule has 160 valence electrons. The van der Waals surface area contributed by atoms with Crippen LogP contribution >= 0.6 is 45.8 Å². The van der Waals surface area contributed by atoms with E-state index in [4.69, 9.17) is 32.7 Å². The second kappa shape index (κ2) is 11.3. The third kappa shape index (κ3) is 6.56. The first-order chi connectivity index (χ1) is 15.0. The molecule has 3 aromatic rings. The van der Waals surface area contributed by atoms with E-state index in [9.17, 15) is 4.79 Å². The quantitative estimate of drug-likeness (QED) is 0.163. The fourth-order valence-electron chi connectivity index (χ4n) is 2.58. The lowest BCUT2D eigenvalue weighted by molar-refractivity contribution is 0.0955. The van der Waals surface area contributed by atoms with Gasteiger partial charge >= 0.3 is 0 Å². The second-order valence-electron chi connectivity index (χ2n) is 6.22. The van der Waals surface area contributed by atoms with Crippen molar-refractivity contribution in [2.75, 3.05) is 6.61 Å². The molecule has 0 aliphatic rings. The SMILES string of the molecule is CCOc1cc(C=NNC(=O)c2cccnc2Cl)cc(Cl)c1OCc1ccc(I)cc1. The summed E-state index contributed by atoms with van der Waals surface area (Å²) in [7, 11) is 0. The largest absolute Gasteiger partial charge is 0.490 e. The standard InChI is InChI=1S/C22H18Cl2IN3O3/c1-2-30-19-11-15(12-27-28-22(29)17-4-3-9-26-21(17)24)10-18(23)20(19)31-13-14-5-7-16(25)8-6-14/h3-12H,2,13H2,1H3,(H,28,29). The molecule has 0 saturated carbocycles. The van der Waals surface area contributed by atoms with Gasteiger partial charge in [0, 0.05) is 9.77 Å². The number of pyridine rings is 1. The van der Waals surface area contributed by atoms with Crippen LogP contribution in [-0.4, -0.2) is 23.7 Å². The average molecular weight is 570 g/mol. The van der Waals surface area contributed by atoms with Gasteiger partial charge in [0.15, 0.2) is 11.5 Å². The Bertz CT molecular complexity index is 1090. The number of amides is 1. The molecule has 31 heavy (non-hydrogen) atoms. The molecule has 0 bridgehead atoms. The van der Waals surface area contributed by atoms with E-state index >= 15 is 0 Å². The Morgan fingerprint density at radius 3 is 2.68 bits per heavy atom. The van der Waals surface area contributed by atoms with Crippen LogP contribution in [0.5, 0.6) is 11.5 Å². The van der Waals surface area contributed by atoms with Crippen LogP contribution < -0.4 is 14.9 Å². The zero-order valence-electron chi connectivity index (χ0n) is 16.4. The van der Waals surface area contributed by atoms with Crippen molar-refractivity contribution in [1.82, 2.24) is 10.4 Å². The summed E-state index contributed by atoms with van der Waals surface area (Å²) in [4.78, 5) is 16.0. The Morgan fingerprint density at radius 1 is 1.19 bits per heavy atom. The molecule has 1 heterocycles. The van der Waals surface area contributed by atoms with Gasteiger partial charge in [-0.05, 0) is 77.0 Å². The zero-order chi connectivity index (χ0) is 22.2. The van der Waals surface area contributed by atoms with Crippen molar-refractivity contribution in [2.24, 2.45) is 5.10 Å². The maximum atomic E-state index is 12.2. The van der Waals surface area contributed by atoms with Crippen LogP contribution in [0.1, 0.15) is 28.4 Å². The van der Waals surface area contributed by atoms with E-state index in [1.807, 2.05) is 31.2 Å². The van der Waals surface area contributed by atoms with E-state index in [0.29, 0.717) is 35.3 Å². The van der Waals surface area contributed by atoms with Crippen LogP contribution in [0.3, 0.4) is 0 Å². The number of carbonyl (C=O) groups is 1. The molecule has 0 aliphatic heterocycles. The summed E-state index contributed by atoms with van der Waals surface area (Å²) in [5.74, 6) is 0.469. The van der Waals surface area contributed by atoms with Gasteiger partial charge in [-0.15, -0.1) is 0 Å². The third-order valence-corrected chi connectivity index (χ3v) is 5.31. The molecule has 0 radical (unpaired) electrons. The van der Waals surface area contributed by atoms with E-state index in [-0.39, 0.29) is 10.7 Å². The van der Waals surface area contributed by atoms with Crippen LogP contribution in [0.15, 0.2) is 59.8 Å². The highest BCUT2D eigenvalue weighted by Gasteiger charge is 2.13. The molecule has 0 atom stereocenters. The first kappa shape index (κ1) is 23.3. The normalized spacial score (nSPS) is 10.8. The first-order valence-corrected chi connectivity index (χ1v) is 11.1. The van der Waals surface area contributed by atoms with Gasteiger partial charge < -0.3 is 9.47 Å². The van der Waals surface area contributed by atoms with E-state index in [1.165, 1.54) is 12.4 Å². The highest BCUT2D eigenvalue weighted by Crippen LogP contribution is 2.37. The maximum absolute atomic E-state index is 12.2. The molecule has 6 nitrogen and oxygen atoms in total. The number of hydrogen-bond donors (Lipinski definition) is 1. The minimum absolute atomic E-state index is 0.103. The predicted octanol–water partition coefficient (Wildman–Crippen LogP) is 5.73. The van der Waals surface area contributed by atoms with E-state index in [2.05, 4.69) is 38.1 Å². The van der Waals surface area contributed by atoms with Gasteiger partial charge in [0.1, 0.15) is 11.8 Å². The Morgan fingerprint density at radius 2 is 1.97 bits per heavy atom. The molecule has 2 aromatic carbocycles. The zero-order valence-corrected chi connectivity index (χ0v) is 20.1. The molecule has 9 heteroatoms. The van der Waals surface area contributed by atoms with Crippen molar-refractivity contribution < 1.29 is 14.3 Å². The number of carbonyl (C=O) groups excluding carboxylic acids is 1. The summed E-state index contributed by atoms with van der Waals surface area (Å²) in [6, 6.07) is 14.6. The molecule has 0 fully saturated rings. The number of ether oxygens (including phenoxy) is 2. The molecule has 1 aromatic heterocycles. The predicted molar refractivity (Wildman–Crippen MR) is 130 cm³/mol. The van der Waals surface area contributed by atoms with Crippen molar-refractivity contribution in [1.29, 1.82) is 0 Å². The summed E-state index contributed by atoms with van der Waals surface area (Å²) < 4.78 is 12.8. The van der Waals surface area contributed by atoms with Gasteiger partial charge in [0.25, 0.3) is 5.91 Å². The second-order valence-corrected chi connectivity index (χ2v) is 8.23. The Kier molecular flexibility index (Phi) is 8.51. The van der Waals surface area contributed by atoms with Crippen LogP contribution in [0, 0.1) is 3.57 Å². The fourth-order valence-corrected chi connectivity index (χ4v) is 3.42. The summed E-state index contributed by atoms with van der Waals surface area (Å²) in [5, 5.41) is 4.44. The van der Waals surface area contributed by atoms with Gasteiger partial charge in [0.05, 0.1) is 23.4 Å². The topological polar surface area (TPSA) is 72.8 Å². The third-order valence-electron chi connectivity index (χ3n) is 4.01. The van der Waals surface area contributed by atoms with Crippen molar-refractivity contribution in [2.45, 2.75) is 13.5 Å². The number of nitrogens with zero attached hydrogens (tertiary/aromatic N) is 2. The van der Waals surface area contributed by atoms with Gasteiger partial charge in [-0.2, -0.15) is 5.10 Å². The number of rotatable bonds is 8. The van der Waals surface area contributed by atoms with Crippen LogP contribution in [0.4, 0.5) is 0 Å². The monoisotopic (exact) mass is 569 g/mol. The smallest absolute Gasteiger partial charge is 0.274 e. The molecule has 0 saturated heterocycles. The Balaban J connectivity index is 1.73. The number of aromatic nitrogens is 1. The molecule has 0 unspecified atom stereocenters. The van der Waals surface area contributed by atoms with Crippen molar-refractivity contribution in [3.63, 3.8) is 0 Å². The maximum Gasteiger partial charge on any atom is 0.274 e. The highest BCUT2D eigenvalue weighted by molar-refractivity contribution is 14.1. The Hall–Kier alpha value is -2.36. The summed E-state index contributed by atoms with van der Waals surface area (Å²) >= 11 is 14.6. The van der Waals surface area contributed by atoms with E-state index in [0.717, 1.165) is 9.13 Å². The molecular formula is C22H18Cl2IN3O3. The average Bonchev–Trinajstić information content (AvgIpc) is 2.75. The lowest BCUT2D eigenvalue weighted by Crippen LogP contribution is -2.18. The van der Waals surface area contributed by atoms with Crippen LogP contribution in [-0.2, 0) is 6.61 Å². The molecule has 3 rings (SSSR count). The van der Waals surface area contributed by atoms with Crippen LogP contribution in [0.2, 0.25) is 10.2 Å². The first-order valence-electron chi connectivity index (χ1n) is 9.25. The van der Waals surface area contributed by atoms with Gasteiger partial charge in [-0.1, -0.05) is 35.3 Å². The minimum Gasteiger partial charge on any atom is -0.490 e. The summed E-state index contributed by atoms with van der Waals surface area (Å²) in [6.07, 6.45) is 2.96. The number of hydrogen-bond acceptors (Lipinski definition) is 5. The number of nitrogens with one attached hydrogen (secondary N) is 1.